The monoisotopic (exact) mass is 365 g/mol. The van der Waals surface area contributed by atoms with E-state index < -0.39 is 5.54 Å². The lowest BCUT2D eigenvalue weighted by molar-refractivity contribution is -0.128. The summed E-state index contributed by atoms with van der Waals surface area (Å²) in [4.78, 5) is 18.0. The van der Waals surface area contributed by atoms with E-state index in [1.165, 1.54) is 12.8 Å². The second kappa shape index (κ2) is 7.64. The van der Waals surface area contributed by atoms with Crippen molar-refractivity contribution in [2.45, 2.75) is 63.7 Å². The summed E-state index contributed by atoms with van der Waals surface area (Å²) in [6.07, 6.45) is 8.89. The van der Waals surface area contributed by atoms with Gasteiger partial charge < -0.3 is 5.32 Å². The van der Waals surface area contributed by atoms with Crippen LogP contribution in [0.1, 0.15) is 50.2 Å². The summed E-state index contributed by atoms with van der Waals surface area (Å²) in [5, 5.41) is 11.3. The van der Waals surface area contributed by atoms with Gasteiger partial charge in [0.1, 0.15) is 5.54 Å². The molecule has 1 saturated carbocycles. The molecule has 2 aliphatic rings. The van der Waals surface area contributed by atoms with Crippen molar-refractivity contribution in [1.29, 1.82) is 0 Å². The number of hydrogen-bond donors (Lipinski definition) is 2. The van der Waals surface area contributed by atoms with Crippen LogP contribution in [-0.4, -0.2) is 27.9 Å². The molecule has 0 radical (unpaired) electrons. The van der Waals surface area contributed by atoms with Gasteiger partial charge in [0.2, 0.25) is 5.91 Å². The van der Waals surface area contributed by atoms with Gasteiger partial charge in [-0.05, 0) is 25.3 Å². The topological polar surface area (TPSA) is 71.3 Å². The highest BCUT2D eigenvalue weighted by Gasteiger charge is 2.46. The van der Waals surface area contributed by atoms with Crippen LogP contribution < -0.4 is 10.6 Å². The molecule has 1 unspecified atom stereocenters. The van der Waals surface area contributed by atoms with Gasteiger partial charge in [-0.1, -0.05) is 43.2 Å². The summed E-state index contributed by atoms with van der Waals surface area (Å²) < 4.78 is 1.86. The van der Waals surface area contributed by atoms with E-state index in [2.05, 4.69) is 20.7 Å². The third kappa shape index (κ3) is 3.41. The van der Waals surface area contributed by atoms with Crippen LogP contribution in [-0.2, 0) is 23.4 Å². The number of aromatic nitrogens is 2. The number of carbonyl (C=O) groups is 1. The second-order valence-electron chi connectivity index (χ2n) is 7.41. The van der Waals surface area contributed by atoms with Crippen molar-refractivity contribution < 1.29 is 4.79 Å². The molecule has 1 aliphatic heterocycles. The number of fused-ring (bicyclic) bond motifs is 1. The number of aryl methyl sites for hydroxylation is 1. The maximum atomic E-state index is 13.5. The fourth-order valence-electron chi connectivity index (χ4n) is 4.19. The average molecular weight is 365 g/mol. The van der Waals surface area contributed by atoms with E-state index in [1.54, 1.807) is 0 Å². The summed E-state index contributed by atoms with van der Waals surface area (Å²) >= 11 is 0. The molecule has 6 heteroatoms. The fourth-order valence-corrected chi connectivity index (χ4v) is 4.19. The molecular formula is C21H27N5O. The molecule has 2 N–H and O–H groups in total. The molecule has 1 amide bonds. The molecule has 0 spiro atoms. The molecule has 1 aromatic carbocycles. The number of nitrogens with one attached hydrogen (secondary N) is 2. The Kier molecular flexibility index (Phi) is 5.07. The van der Waals surface area contributed by atoms with E-state index in [9.17, 15) is 4.79 Å². The van der Waals surface area contributed by atoms with E-state index in [-0.39, 0.29) is 5.91 Å². The highest BCUT2D eigenvalue weighted by molar-refractivity contribution is 5.93. The van der Waals surface area contributed by atoms with Crippen LogP contribution in [0.15, 0.2) is 41.5 Å². The molecule has 1 atom stereocenters. The fraction of sp³-hybridized carbons (Fsp3) is 0.476. The summed E-state index contributed by atoms with van der Waals surface area (Å²) in [5.74, 6) is 0.797. The van der Waals surface area contributed by atoms with Gasteiger partial charge in [0.25, 0.3) is 0 Å². The van der Waals surface area contributed by atoms with Crippen molar-refractivity contribution in [2.75, 3.05) is 0 Å². The minimum absolute atomic E-state index is 0.00121. The largest absolute Gasteiger partial charge is 0.350 e. The molecule has 0 bridgehead atoms. The van der Waals surface area contributed by atoms with Crippen molar-refractivity contribution in [3.05, 3.63) is 47.7 Å². The van der Waals surface area contributed by atoms with E-state index in [4.69, 9.17) is 0 Å². The number of amides is 1. The molecule has 1 fully saturated rings. The lowest BCUT2D eigenvalue weighted by Gasteiger charge is -2.36. The zero-order valence-corrected chi connectivity index (χ0v) is 15.8. The predicted molar refractivity (Wildman–Crippen MR) is 106 cm³/mol. The third-order valence-corrected chi connectivity index (χ3v) is 5.67. The molecule has 6 nitrogen and oxygen atoms in total. The molecule has 2 heterocycles. The zero-order chi connectivity index (χ0) is 18.7. The SMILES string of the molecule is CCn1ncc2c1N=CCC2(NC1CCCC1)C(=O)NCc1ccccc1. The highest BCUT2D eigenvalue weighted by Crippen LogP contribution is 2.38. The van der Waals surface area contributed by atoms with Crippen LogP contribution in [0.4, 0.5) is 5.82 Å². The minimum atomic E-state index is -0.797. The molecular weight excluding hydrogens is 338 g/mol. The maximum Gasteiger partial charge on any atom is 0.245 e. The Morgan fingerprint density at radius 2 is 2.04 bits per heavy atom. The molecule has 1 aliphatic carbocycles. The smallest absolute Gasteiger partial charge is 0.245 e. The molecule has 142 valence electrons. The van der Waals surface area contributed by atoms with Crippen LogP contribution in [0.25, 0.3) is 0 Å². The Bertz CT molecular complexity index is 822. The molecule has 27 heavy (non-hydrogen) atoms. The summed E-state index contributed by atoms with van der Waals surface area (Å²) in [7, 11) is 0. The van der Waals surface area contributed by atoms with Gasteiger partial charge in [-0.3, -0.25) is 10.1 Å². The number of rotatable bonds is 6. The lowest BCUT2D eigenvalue weighted by atomic mass is 9.84. The summed E-state index contributed by atoms with van der Waals surface area (Å²) in [6.45, 7) is 3.29. The van der Waals surface area contributed by atoms with Crippen molar-refractivity contribution in [3.8, 4) is 0 Å². The predicted octanol–water partition coefficient (Wildman–Crippen LogP) is 3.05. The highest BCUT2D eigenvalue weighted by atomic mass is 16.2. The van der Waals surface area contributed by atoms with Crippen molar-refractivity contribution in [2.24, 2.45) is 4.99 Å². The van der Waals surface area contributed by atoms with Gasteiger partial charge in [-0.25, -0.2) is 9.67 Å². The number of nitrogens with zero attached hydrogens (tertiary/aromatic N) is 3. The Morgan fingerprint density at radius 3 is 2.78 bits per heavy atom. The van der Waals surface area contributed by atoms with Gasteiger partial charge >= 0.3 is 0 Å². The third-order valence-electron chi connectivity index (χ3n) is 5.67. The number of carbonyl (C=O) groups excluding carboxylic acids is 1. The van der Waals surface area contributed by atoms with Gasteiger partial charge in [-0.15, -0.1) is 0 Å². The van der Waals surface area contributed by atoms with E-state index in [1.807, 2.05) is 54.3 Å². The van der Waals surface area contributed by atoms with E-state index in [0.717, 1.165) is 36.3 Å². The van der Waals surface area contributed by atoms with Crippen molar-refractivity contribution in [1.82, 2.24) is 20.4 Å². The molecule has 2 aromatic rings. The number of benzene rings is 1. The first-order valence-corrected chi connectivity index (χ1v) is 9.91. The standard InChI is InChI=1S/C21H27N5O/c1-2-26-19-18(15-24-26)21(12-13-22-19,25-17-10-6-7-11-17)20(27)23-14-16-8-4-3-5-9-16/h3-5,8-9,13,15,17,25H,2,6-7,10-12,14H2,1H3,(H,23,27). The van der Waals surface area contributed by atoms with Gasteiger partial charge in [0.15, 0.2) is 5.82 Å². The normalized spacial score (nSPS) is 22.0. The Balaban J connectivity index is 1.64. The van der Waals surface area contributed by atoms with Crippen LogP contribution in [0.5, 0.6) is 0 Å². The Labute approximate surface area is 160 Å². The average Bonchev–Trinajstić information content (AvgIpc) is 3.37. The van der Waals surface area contributed by atoms with Gasteiger partial charge in [0.05, 0.1) is 6.20 Å². The minimum Gasteiger partial charge on any atom is -0.350 e. The Hall–Kier alpha value is -2.47. The first-order chi connectivity index (χ1) is 13.2. The second-order valence-corrected chi connectivity index (χ2v) is 7.41. The van der Waals surface area contributed by atoms with Crippen LogP contribution in [0.2, 0.25) is 0 Å². The first-order valence-electron chi connectivity index (χ1n) is 9.91. The van der Waals surface area contributed by atoms with Crippen molar-refractivity contribution in [3.63, 3.8) is 0 Å². The maximum absolute atomic E-state index is 13.5. The van der Waals surface area contributed by atoms with Crippen LogP contribution in [0, 0.1) is 0 Å². The number of hydrogen-bond acceptors (Lipinski definition) is 4. The quantitative estimate of drug-likeness (QED) is 0.826. The van der Waals surface area contributed by atoms with Gasteiger partial charge in [0, 0.05) is 37.3 Å². The van der Waals surface area contributed by atoms with Gasteiger partial charge in [-0.2, -0.15) is 5.10 Å². The van der Waals surface area contributed by atoms with Crippen LogP contribution >= 0.6 is 0 Å². The molecule has 0 saturated heterocycles. The summed E-state index contributed by atoms with van der Waals surface area (Å²) in [6, 6.07) is 10.4. The first kappa shape index (κ1) is 17.9. The number of aliphatic imine (C=N–C) groups is 1. The molecule has 4 rings (SSSR count). The Morgan fingerprint density at radius 1 is 1.26 bits per heavy atom. The molecule has 1 aromatic heterocycles. The lowest BCUT2D eigenvalue weighted by Crippen LogP contribution is -2.57. The zero-order valence-electron chi connectivity index (χ0n) is 15.8. The van der Waals surface area contributed by atoms with Crippen LogP contribution in [0.3, 0.4) is 0 Å². The van der Waals surface area contributed by atoms with Crippen molar-refractivity contribution >= 4 is 17.9 Å². The van der Waals surface area contributed by atoms with E-state index in [0.29, 0.717) is 19.0 Å². The van der Waals surface area contributed by atoms with E-state index >= 15 is 0 Å². The summed E-state index contributed by atoms with van der Waals surface area (Å²) in [5.41, 5.74) is 1.19.